The zero-order chi connectivity index (χ0) is 20.2. The molecule has 0 aromatic heterocycles. The fraction of sp³-hybridized carbons (Fsp3) is 0.333. The zero-order valence-electron chi connectivity index (χ0n) is 17.5. The lowest BCUT2D eigenvalue weighted by Crippen LogP contribution is -2.46. The van der Waals surface area contributed by atoms with Gasteiger partial charge in [0.2, 0.25) is 0 Å². The molecule has 3 heteroatoms. The molecule has 5 rings (SSSR count). The molecule has 0 spiro atoms. The van der Waals surface area contributed by atoms with Gasteiger partial charge in [0.05, 0.1) is 12.1 Å². The monoisotopic (exact) mass is 398 g/mol. The highest BCUT2D eigenvalue weighted by molar-refractivity contribution is 5.61. The molecule has 1 fully saturated rings. The number of para-hydroxylation sites is 2. The highest BCUT2D eigenvalue weighted by Crippen LogP contribution is 2.40. The largest absolute Gasteiger partial charge is 0.492 e. The predicted molar refractivity (Wildman–Crippen MR) is 123 cm³/mol. The van der Waals surface area contributed by atoms with Crippen LogP contribution in [0.4, 0.5) is 5.69 Å². The van der Waals surface area contributed by atoms with Crippen LogP contribution >= 0.6 is 0 Å². The van der Waals surface area contributed by atoms with Crippen LogP contribution in [0.5, 0.6) is 5.75 Å². The van der Waals surface area contributed by atoms with Crippen LogP contribution in [0.1, 0.15) is 30.0 Å². The van der Waals surface area contributed by atoms with Gasteiger partial charge in [-0.05, 0) is 61.7 Å². The molecule has 3 nitrogen and oxygen atoms in total. The lowest BCUT2D eigenvalue weighted by Gasteiger charge is -2.35. The maximum absolute atomic E-state index is 6.25. The lowest BCUT2D eigenvalue weighted by molar-refractivity contribution is 0.161. The number of fused-ring (bicyclic) bond motifs is 1. The highest BCUT2D eigenvalue weighted by Gasteiger charge is 2.34. The van der Waals surface area contributed by atoms with Crippen LogP contribution in [-0.2, 0) is 6.42 Å². The molecule has 0 saturated carbocycles. The van der Waals surface area contributed by atoms with E-state index in [9.17, 15) is 0 Å². The zero-order valence-corrected chi connectivity index (χ0v) is 17.5. The summed E-state index contributed by atoms with van der Waals surface area (Å²) in [6, 6.07) is 30.9. The van der Waals surface area contributed by atoms with E-state index in [-0.39, 0.29) is 0 Å². The van der Waals surface area contributed by atoms with Crippen molar-refractivity contribution in [2.45, 2.75) is 31.3 Å². The Morgan fingerprint density at radius 1 is 0.800 bits per heavy atom. The smallest absolute Gasteiger partial charge is 0.119 e. The molecule has 3 aromatic rings. The van der Waals surface area contributed by atoms with Crippen molar-refractivity contribution in [1.29, 1.82) is 0 Å². The van der Waals surface area contributed by atoms with Gasteiger partial charge in [0.15, 0.2) is 0 Å². The van der Waals surface area contributed by atoms with Gasteiger partial charge in [-0.3, -0.25) is 4.90 Å². The first kappa shape index (κ1) is 19.2. The summed E-state index contributed by atoms with van der Waals surface area (Å²) in [5.41, 5.74) is 4.24. The maximum atomic E-state index is 6.25. The Hall–Kier alpha value is -2.78. The molecule has 2 aliphatic heterocycles. The van der Waals surface area contributed by atoms with Gasteiger partial charge in [-0.25, -0.2) is 0 Å². The molecule has 0 N–H and O–H groups in total. The third kappa shape index (κ3) is 4.08. The number of nitrogens with zero attached hydrogens (tertiary/aromatic N) is 2. The summed E-state index contributed by atoms with van der Waals surface area (Å²) >= 11 is 0. The number of anilines is 1. The first-order valence-electron chi connectivity index (χ1n) is 11.2. The van der Waals surface area contributed by atoms with Gasteiger partial charge in [-0.2, -0.15) is 0 Å². The summed E-state index contributed by atoms with van der Waals surface area (Å²) < 4.78 is 6.25. The van der Waals surface area contributed by atoms with E-state index in [0.717, 1.165) is 25.3 Å². The summed E-state index contributed by atoms with van der Waals surface area (Å²) in [4.78, 5) is 5.26. The summed E-state index contributed by atoms with van der Waals surface area (Å²) in [5, 5.41) is 0. The second-order valence-corrected chi connectivity index (χ2v) is 8.43. The number of likely N-dealkylation sites (tertiary alicyclic amines) is 1. The average Bonchev–Trinajstić information content (AvgIpc) is 3.46. The van der Waals surface area contributed by atoms with E-state index in [1.807, 2.05) is 18.2 Å². The van der Waals surface area contributed by atoms with Crippen LogP contribution in [-0.4, -0.2) is 37.2 Å². The van der Waals surface area contributed by atoms with Crippen molar-refractivity contribution in [1.82, 2.24) is 4.90 Å². The van der Waals surface area contributed by atoms with E-state index in [2.05, 4.69) is 76.5 Å². The number of hydrogen-bond acceptors (Lipinski definition) is 3. The Bertz CT molecular complexity index is 937. The number of ether oxygens (including phenoxy) is 1. The van der Waals surface area contributed by atoms with Gasteiger partial charge in [0, 0.05) is 12.2 Å². The highest BCUT2D eigenvalue weighted by atomic mass is 16.5. The van der Waals surface area contributed by atoms with Crippen LogP contribution in [0.2, 0.25) is 0 Å². The van der Waals surface area contributed by atoms with E-state index in [1.54, 1.807) is 0 Å². The molecule has 154 valence electrons. The van der Waals surface area contributed by atoms with Crippen molar-refractivity contribution in [2.75, 3.05) is 31.1 Å². The number of rotatable bonds is 7. The van der Waals surface area contributed by atoms with Crippen molar-refractivity contribution >= 4 is 5.69 Å². The minimum Gasteiger partial charge on any atom is -0.492 e. The first-order valence-corrected chi connectivity index (χ1v) is 11.2. The van der Waals surface area contributed by atoms with Crippen molar-refractivity contribution in [3.8, 4) is 5.75 Å². The van der Waals surface area contributed by atoms with E-state index < -0.39 is 0 Å². The Morgan fingerprint density at radius 3 is 2.23 bits per heavy atom. The summed E-state index contributed by atoms with van der Waals surface area (Å²) in [6.07, 6.45) is 3.66. The SMILES string of the molecule is c1ccc(OCC(CN2c3ccccc3CC2c2ccccc2)N2CCCC2)cc1. The molecule has 0 bridgehead atoms. The van der Waals surface area contributed by atoms with Crippen LogP contribution in [0.3, 0.4) is 0 Å². The molecular formula is C27H30N2O. The molecule has 30 heavy (non-hydrogen) atoms. The van der Waals surface area contributed by atoms with E-state index in [1.165, 1.54) is 42.7 Å². The van der Waals surface area contributed by atoms with Crippen molar-refractivity contribution < 1.29 is 4.74 Å². The molecule has 1 saturated heterocycles. The van der Waals surface area contributed by atoms with Crippen LogP contribution in [0.25, 0.3) is 0 Å². The first-order chi connectivity index (χ1) is 14.9. The van der Waals surface area contributed by atoms with E-state index >= 15 is 0 Å². The molecule has 2 aliphatic rings. The van der Waals surface area contributed by atoms with Gasteiger partial charge >= 0.3 is 0 Å². The molecule has 3 aromatic carbocycles. The Kier molecular flexibility index (Phi) is 5.71. The summed E-state index contributed by atoms with van der Waals surface area (Å²) in [6.45, 7) is 4.07. The fourth-order valence-corrected chi connectivity index (χ4v) is 4.97. The summed E-state index contributed by atoms with van der Waals surface area (Å²) in [7, 11) is 0. The topological polar surface area (TPSA) is 15.7 Å². The quantitative estimate of drug-likeness (QED) is 0.535. The Morgan fingerprint density at radius 2 is 1.47 bits per heavy atom. The van der Waals surface area contributed by atoms with Gasteiger partial charge in [-0.1, -0.05) is 66.7 Å². The molecule has 0 amide bonds. The minimum atomic E-state index is 0.380. The Balaban J connectivity index is 1.40. The van der Waals surface area contributed by atoms with Gasteiger partial charge < -0.3 is 9.64 Å². The number of benzene rings is 3. The van der Waals surface area contributed by atoms with Crippen LogP contribution < -0.4 is 9.64 Å². The molecule has 2 atom stereocenters. The average molecular weight is 399 g/mol. The normalized spacial score (nSPS) is 19.6. The predicted octanol–water partition coefficient (Wildman–Crippen LogP) is 5.33. The van der Waals surface area contributed by atoms with Crippen molar-refractivity contribution in [3.63, 3.8) is 0 Å². The lowest BCUT2D eigenvalue weighted by atomic mass is 10.0. The second kappa shape index (κ2) is 8.93. The summed E-state index contributed by atoms with van der Waals surface area (Å²) in [5.74, 6) is 0.961. The molecule has 0 radical (unpaired) electrons. The molecule has 2 unspecified atom stereocenters. The Labute approximate surface area is 179 Å². The van der Waals surface area contributed by atoms with Gasteiger partial charge in [0.1, 0.15) is 12.4 Å². The molecule has 0 aliphatic carbocycles. The van der Waals surface area contributed by atoms with Crippen molar-refractivity contribution in [2.24, 2.45) is 0 Å². The third-order valence-electron chi connectivity index (χ3n) is 6.52. The van der Waals surface area contributed by atoms with Gasteiger partial charge in [-0.15, -0.1) is 0 Å². The van der Waals surface area contributed by atoms with Crippen LogP contribution in [0, 0.1) is 0 Å². The maximum Gasteiger partial charge on any atom is 0.119 e. The third-order valence-corrected chi connectivity index (χ3v) is 6.52. The van der Waals surface area contributed by atoms with Gasteiger partial charge in [0.25, 0.3) is 0 Å². The fourth-order valence-electron chi connectivity index (χ4n) is 4.97. The van der Waals surface area contributed by atoms with E-state index in [4.69, 9.17) is 4.74 Å². The van der Waals surface area contributed by atoms with E-state index in [0.29, 0.717) is 12.1 Å². The standard InChI is InChI=1S/C27H30N2O/c1-3-11-22(12-4-1)27-19-23-13-7-8-16-26(23)29(27)20-24(28-17-9-10-18-28)21-30-25-14-5-2-6-15-25/h1-8,11-16,24,27H,9-10,17-21H2. The van der Waals surface area contributed by atoms with Crippen LogP contribution in [0.15, 0.2) is 84.9 Å². The number of hydrogen-bond donors (Lipinski definition) is 0. The second-order valence-electron chi connectivity index (χ2n) is 8.43. The molecular weight excluding hydrogens is 368 g/mol. The van der Waals surface area contributed by atoms with Crippen molar-refractivity contribution in [3.05, 3.63) is 96.1 Å². The minimum absolute atomic E-state index is 0.380. The molecule has 2 heterocycles.